The second kappa shape index (κ2) is 7.98. The van der Waals surface area contributed by atoms with Crippen molar-refractivity contribution in [3.05, 3.63) is 0 Å². The lowest BCUT2D eigenvalue weighted by Crippen LogP contribution is -2.30. The van der Waals surface area contributed by atoms with Gasteiger partial charge in [-0.15, -0.1) is 11.6 Å². The summed E-state index contributed by atoms with van der Waals surface area (Å²) >= 11 is 5.55. The molecule has 0 aromatic rings. The average Bonchev–Trinajstić information content (AvgIpc) is 2.28. The summed E-state index contributed by atoms with van der Waals surface area (Å²) in [4.78, 5) is 11.4. The Balaban J connectivity index is 2.00. The van der Waals surface area contributed by atoms with Gasteiger partial charge in [-0.05, 0) is 31.6 Å². The molecule has 0 aromatic carbocycles. The molecule has 1 N–H and O–H groups in total. The van der Waals surface area contributed by atoms with Crippen molar-refractivity contribution in [2.75, 3.05) is 12.4 Å². The van der Waals surface area contributed by atoms with E-state index in [4.69, 9.17) is 11.6 Å². The summed E-state index contributed by atoms with van der Waals surface area (Å²) in [7, 11) is 0. The number of alkyl halides is 1. The van der Waals surface area contributed by atoms with E-state index in [1.54, 1.807) is 0 Å². The maximum absolute atomic E-state index is 11.4. The van der Waals surface area contributed by atoms with Crippen molar-refractivity contribution in [3.63, 3.8) is 0 Å². The highest BCUT2D eigenvalue weighted by atomic mass is 35.5. The predicted molar refractivity (Wildman–Crippen MR) is 64.2 cm³/mol. The number of halogens is 1. The van der Waals surface area contributed by atoms with Gasteiger partial charge in [-0.2, -0.15) is 0 Å². The Hall–Kier alpha value is -0.240. The van der Waals surface area contributed by atoms with Gasteiger partial charge in [0.15, 0.2) is 0 Å². The topological polar surface area (TPSA) is 29.1 Å². The molecule has 0 radical (unpaired) electrons. The minimum atomic E-state index is 0.200. The Morgan fingerprint density at radius 1 is 1.20 bits per heavy atom. The van der Waals surface area contributed by atoms with E-state index in [0.29, 0.717) is 12.3 Å². The van der Waals surface area contributed by atoms with Crippen LogP contribution < -0.4 is 5.32 Å². The van der Waals surface area contributed by atoms with Crippen LogP contribution in [0.3, 0.4) is 0 Å². The van der Waals surface area contributed by atoms with Crippen LogP contribution >= 0.6 is 11.6 Å². The van der Waals surface area contributed by atoms with E-state index in [2.05, 4.69) is 5.32 Å². The second-order valence-electron chi connectivity index (χ2n) is 4.45. The first kappa shape index (κ1) is 12.8. The number of carbonyl (C=O) groups is 1. The third-order valence-corrected chi connectivity index (χ3v) is 3.37. The zero-order valence-electron chi connectivity index (χ0n) is 9.43. The monoisotopic (exact) mass is 231 g/mol. The zero-order chi connectivity index (χ0) is 10.9. The van der Waals surface area contributed by atoms with E-state index in [0.717, 1.165) is 25.3 Å². The molecule has 1 fully saturated rings. The van der Waals surface area contributed by atoms with Crippen LogP contribution in [0.5, 0.6) is 0 Å². The molecule has 1 amide bonds. The Bertz CT molecular complexity index is 178. The number of carbonyl (C=O) groups excluding carboxylic acids is 1. The van der Waals surface area contributed by atoms with Crippen molar-refractivity contribution in [1.29, 1.82) is 0 Å². The second-order valence-corrected chi connectivity index (χ2v) is 4.83. The van der Waals surface area contributed by atoms with Crippen molar-refractivity contribution >= 4 is 17.5 Å². The lowest BCUT2D eigenvalue weighted by atomic mass is 9.89. The highest BCUT2D eigenvalue weighted by molar-refractivity contribution is 6.17. The minimum absolute atomic E-state index is 0.200. The van der Waals surface area contributed by atoms with E-state index < -0.39 is 0 Å². The first-order chi connectivity index (χ1) is 7.33. The maximum atomic E-state index is 11.4. The molecule has 1 aliphatic carbocycles. The standard InChI is InChI=1S/C12H22ClNO/c13-9-5-4-8-12(15)14-10-11-6-2-1-3-7-11/h11H,1-10H2,(H,14,15). The van der Waals surface area contributed by atoms with Gasteiger partial charge in [0.25, 0.3) is 0 Å². The summed E-state index contributed by atoms with van der Waals surface area (Å²) in [5.41, 5.74) is 0. The molecule has 2 nitrogen and oxygen atoms in total. The number of amides is 1. The van der Waals surface area contributed by atoms with Gasteiger partial charge in [-0.3, -0.25) is 4.79 Å². The number of nitrogens with one attached hydrogen (secondary N) is 1. The van der Waals surface area contributed by atoms with Crippen LogP contribution in [0.25, 0.3) is 0 Å². The highest BCUT2D eigenvalue weighted by Crippen LogP contribution is 2.22. The molecule has 0 unspecified atom stereocenters. The Kier molecular flexibility index (Phi) is 6.82. The minimum Gasteiger partial charge on any atom is -0.356 e. The van der Waals surface area contributed by atoms with Crippen LogP contribution in [0, 0.1) is 5.92 Å². The van der Waals surface area contributed by atoms with E-state index in [-0.39, 0.29) is 5.91 Å². The smallest absolute Gasteiger partial charge is 0.220 e. The van der Waals surface area contributed by atoms with Gasteiger partial charge in [0.05, 0.1) is 0 Å². The van der Waals surface area contributed by atoms with Crippen LogP contribution in [0.15, 0.2) is 0 Å². The van der Waals surface area contributed by atoms with E-state index in [1.807, 2.05) is 0 Å². The first-order valence-corrected chi connectivity index (χ1v) is 6.69. The number of hydrogen-bond donors (Lipinski definition) is 1. The summed E-state index contributed by atoms with van der Waals surface area (Å²) in [5.74, 6) is 1.59. The molecule has 0 bridgehead atoms. The molecule has 15 heavy (non-hydrogen) atoms. The van der Waals surface area contributed by atoms with Gasteiger partial charge >= 0.3 is 0 Å². The molecule has 0 aromatic heterocycles. The number of rotatable bonds is 6. The summed E-state index contributed by atoms with van der Waals surface area (Å²) in [6, 6.07) is 0. The lowest BCUT2D eigenvalue weighted by Gasteiger charge is -2.21. The SMILES string of the molecule is O=C(CCCCCl)NCC1CCCCC1. The molecule has 0 spiro atoms. The van der Waals surface area contributed by atoms with Gasteiger partial charge < -0.3 is 5.32 Å². The van der Waals surface area contributed by atoms with Crippen LogP contribution in [0.4, 0.5) is 0 Å². The average molecular weight is 232 g/mol. The molecular formula is C12H22ClNO. The third-order valence-electron chi connectivity index (χ3n) is 3.10. The fraction of sp³-hybridized carbons (Fsp3) is 0.917. The Morgan fingerprint density at radius 3 is 2.60 bits per heavy atom. The van der Waals surface area contributed by atoms with Crippen molar-refractivity contribution < 1.29 is 4.79 Å². The van der Waals surface area contributed by atoms with Gasteiger partial charge in [0, 0.05) is 18.8 Å². The normalized spacial score (nSPS) is 17.7. The largest absolute Gasteiger partial charge is 0.356 e. The Labute approximate surface area is 97.8 Å². The van der Waals surface area contributed by atoms with Crippen molar-refractivity contribution in [1.82, 2.24) is 5.32 Å². The van der Waals surface area contributed by atoms with Crippen LogP contribution in [-0.2, 0) is 4.79 Å². The molecule has 0 saturated heterocycles. The first-order valence-electron chi connectivity index (χ1n) is 6.15. The fourth-order valence-corrected chi connectivity index (χ4v) is 2.31. The molecule has 1 saturated carbocycles. The predicted octanol–water partition coefficient (Wildman–Crippen LogP) is 3.09. The molecular weight excluding hydrogens is 210 g/mol. The summed E-state index contributed by atoms with van der Waals surface area (Å²) in [6.07, 6.45) is 9.14. The Morgan fingerprint density at radius 2 is 1.93 bits per heavy atom. The van der Waals surface area contributed by atoms with Gasteiger partial charge in [0.2, 0.25) is 5.91 Å². The van der Waals surface area contributed by atoms with Crippen molar-refractivity contribution in [2.45, 2.75) is 51.4 Å². The summed E-state index contributed by atoms with van der Waals surface area (Å²) < 4.78 is 0. The summed E-state index contributed by atoms with van der Waals surface area (Å²) in [6.45, 7) is 0.889. The molecule has 1 aliphatic rings. The van der Waals surface area contributed by atoms with E-state index in [9.17, 15) is 4.79 Å². The molecule has 0 atom stereocenters. The molecule has 0 heterocycles. The summed E-state index contributed by atoms with van der Waals surface area (Å²) in [5, 5.41) is 3.03. The third kappa shape index (κ3) is 6.03. The quantitative estimate of drug-likeness (QED) is 0.553. The lowest BCUT2D eigenvalue weighted by molar-refractivity contribution is -0.121. The van der Waals surface area contributed by atoms with E-state index in [1.165, 1.54) is 32.1 Å². The molecule has 88 valence electrons. The van der Waals surface area contributed by atoms with Crippen molar-refractivity contribution in [3.8, 4) is 0 Å². The highest BCUT2D eigenvalue weighted by Gasteiger charge is 2.13. The van der Waals surface area contributed by atoms with Gasteiger partial charge in [-0.1, -0.05) is 19.3 Å². The van der Waals surface area contributed by atoms with Crippen LogP contribution in [0.1, 0.15) is 51.4 Å². The van der Waals surface area contributed by atoms with Gasteiger partial charge in [0.1, 0.15) is 0 Å². The van der Waals surface area contributed by atoms with Gasteiger partial charge in [-0.25, -0.2) is 0 Å². The molecule has 1 rings (SSSR count). The number of unbranched alkanes of at least 4 members (excludes halogenated alkanes) is 1. The maximum Gasteiger partial charge on any atom is 0.220 e. The zero-order valence-corrected chi connectivity index (χ0v) is 10.2. The van der Waals surface area contributed by atoms with Crippen LogP contribution in [0.2, 0.25) is 0 Å². The van der Waals surface area contributed by atoms with E-state index >= 15 is 0 Å². The van der Waals surface area contributed by atoms with Crippen LogP contribution in [-0.4, -0.2) is 18.3 Å². The van der Waals surface area contributed by atoms with Crippen molar-refractivity contribution in [2.24, 2.45) is 5.92 Å². The number of hydrogen-bond acceptors (Lipinski definition) is 1. The fourth-order valence-electron chi connectivity index (χ4n) is 2.12. The molecule has 0 aliphatic heterocycles. The molecule has 3 heteroatoms.